The van der Waals surface area contributed by atoms with E-state index < -0.39 is 0 Å². The summed E-state index contributed by atoms with van der Waals surface area (Å²) in [4.78, 5) is 38.6. The second-order valence-electron chi connectivity index (χ2n) is 3.88. The number of imidazole rings is 1. The molecule has 18 heavy (non-hydrogen) atoms. The molecule has 7 heteroatoms. The Morgan fingerprint density at radius 2 is 1.89 bits per heavy atom. The number of Topliss-reactive ketones (excluding diaryl/α,β-unsaturated/α-hetero) is 1. The fraction of sp³-hybridized carbons (Fsp3) is 0.182. The molecule has 0 aliphatic heterocycles. The smallest absolute Gasteiger partial charge is 0.323 e. The Bertz CT molecular complexity index is 686. The Morgan fingerprint density at radius 3 is 2.50 bits per heavy atom. The number of hydrogen-bond acceptors (Lipinski definition) is 3. The quantitative estimate of drug-likeness (QED) is 0.750. The zero-order valence-corrected chi connectivity index (χ0v) is 11.1. The number of aromatic nitrogens is 2. The molecule has 3 N–H and O–H groups in total. The van der Waals surface area contributed by atoms with Crippen molar-refractivity contribution in [2.24, 2.45) is 0 Å². The van der Waals surface area contributed by atoms with E-state index in [0.29, 0.717) is 21.2 Å². The summed E-state index contributed by atoms with van der Waals surface area (Å²) in [5, 5.41) is 2.60. The van der Waals surface area contributed by atoms with Gasteiger partial charge in [0.05, 0.1) is 23.1 Å². The molecule has 6 nitrogen and oxygen atoms in total. The molecule has 0 spiro atoms. The van der Waals surface area contributed by atoms with Crippen LogP contribution < -0.4 is 11.0 Å². The van der Waals surface area contributed by atoms with Gasteiger partial charge in [-0.3, -0.25) is 9.59 Å². The first-order chi connectivity index (χ1) is 8.45. The highest BCUT2D eigenvalue weighted by Crippen LogP contribution is 2.26. The highest BCUT2D eigenvalue weighted by Gasteiger charge is 2.10. The van der Waals surface area contributed by atoms with Crippen molar-refractivity contribution in [2.45, 2.75) is 13.3 Å². The van der Waals surface area contributed by atoms with Crippen LogP contribution in [0.1, 0.15) is 13.3 Å². The van der Waals surface area contributed by atoms with Crippen molar-refractivity contribution in [3.63, 3.8) is 0 Å². The van der Waals surface area contributed by atoms with Gasteiger partial charge in [-0.05, 0) is 35.0 Å². The maximum absolute atomic E-state index is 11.5. The number of H-pyrrole nitrogens is 2. The molecular formula is C11H10BrN3O3. The van der Waals surface area contributed by atoms with Crippen LogP contribution in [0.5, 0.6) is 0 Å². The summed E-state index contributed by atoms with van der Waals surface area (Å²) in [6.45, 7) is 1.35. The first-order valence-electron chi connectivity index (χ1n) is 5.16. The lowest BCUT2D eigenvalue weighted by Gasteiger charge is -2.06. The van der Waals surface area contributed by atoms with Gasteiger partial charge in [-0.15, -0.1) is 0 Å². The Labute approximate surface area is 110 Å². The normalized spacial score (nSPS) is 10.6. The predicted octanol–water partition coefficient (Wildman–Crippen LogP) is 1.54. The van der Waals surface area contributed by atoms with E-state index in [2.05, 4.69) is 31.2 Å². The van der Waals surface area contributed by atoms with Crippen molar-refractivity contribution in [1.29, 1.82) is 0 Å². The molecule has 0 atom stereocenters. The number of hydrogen-bond donors (Lipinski definition) is 3. The summed E-state index contributed by atoms with van der Waals surface area (Å²) in [5.41, 5.74) is 1.41. The molecule has 0 saturated carbocycles. The van der Waals surface area contributed by atoms with Crippen LogP contribution in [-0.2, 0) is 9.59 Å². The van der Waals surface area contributed by atoms with Crippen molar-refractivity contribution in [1.82, 2.24) is 9.97 Å². The largest absolute Gasteiger partial charge is 0.325 e. The van der Waals surface area contributed by atoms with Gasteiger partial charge in [-0.2, -0.15) is 0 Å². The van der Waals surface area contributed by atoms with Gasteiger partial charge in [0, 0.05) is 4.47 Å². The van der Waals surface area contributed by atoms with Crippen LogP contribution >= 0.6 is 15.9 Å². The SMILES string of the molecule is CC(=O)CC(=O)Nc1cc2[nH]c(=O)[nH]c2cc1Br. The summed E-state index contributed by atoms with van der Waals surface area (Å²) in [6.07, 6.45) is -0.172. The molecule has 94 valence electrons. The molecule has 0 fully saturated rings. The average Bonchev–Trinajstić information content (AvgIpc) is 2.56. The van der Waals surface area contributed by atoms with E-state index in [1.807, 2.05) is 0 Å². The van der Waals surface area contributed by atoms with Gasteiger partial charge in [0.2, 0.25) is 5.91 Å². The minimum atomic E-state index is -0.388. The number of amides is 1. The Kier molecular flexibility index (Phi) is 3.33. The number of nitrogens with one attached hydrogen (secondary N) is 3. The lowest BCUT2D eigenvalue weighted by molar-refractivity contribution is -0.124. The number of aromatic amines is 2. The minimum absolute atomic E-state index is 0.172. The van der Waals surface area contributed by atoms with Crippen molar-refractivity contribution in [3.8, 4) is 0 Å². The molecule has 1 amide bonds. The molecular weight excluding hydrogens is 302 g/mol. The fourth-order valence-corrected chi connectivity index (χ4v) is 2.01. The van der Waals surface area contributed by atoms with Crippen molar-refractivity contribution < 1.29 is 9.59 Å². The number of carbonyl (C=O) groups is 2. The number of carbonyl (C=O) groups excluding carboxylic acids is 2. The first kappa shape index (κ1) is 12.6. The number of halogens is 1. The van der Waals surface area contributed by atoms with E-state index in [0.717, 1.165) is 0 Å². The zero-order valence-electron chi connectivity index (χ0n) is 9.46. The number of anilines is 1. The Balaban J connectivity index is 2.32. The van der Waals surface area contributed by atoms with Crippen LogP contribution in [0.4, 0.5) is 5.69 Å². The van der Waals surface area contributed by atoms with Crippen molar-refractivity contribution in [3.05, 3.63) is 27.1 Å². The van der Waals surface area contributed by atoms with E-state index in [9.17, 15) is 14.4 Å². The first-order valence-corrected chi connectivity index (χ1v) is 5.96. The van der Waals surface area contributed by atoms with Crippen molar-refractivity contribution >= 4 is 44.3 Å². The van der Waals surface area contributed by atoms with Crippen LogP contribution in [0.25, 0.3) is 11.0 Å². The molecule has 0 saturated heterocycles. The van der Waals surface area contributed by atoms with Crippen LogP contribution in [0.3, 0.4) is 0 Å². The van der Waals surface area contributed by atoms with E-state index in [-0.39, 0.29) is 23.8 Å². The monoisotopic (exact) mass is 311 g/mol. The third kappa shape index (κ3) is 2.67. The molecule has 0 bridgehead atoms. The number of ketones is 1. The van der Waals surface area contributed by atoms with Gasteiger partial charge in [-0.25, -0.2) is 4.79 Å². The topological polar surface area (TPSA) is 94.8 Å². The maximum Gasteiger partial charge on any atom is 0.323 e. The average molecular weight is 312 g/mol. The van der Waals surface area contributed by atoms with Crippen molar-refractivity contribution in [2.75, 3.05) is 5.32 Å². The predicted molar refractivity (Wildman–Crippen MR) is 70.5 cm³/mol. The summed E-state index contributed by atoms with van der Waals surface area (Å²) >= 11 is 3.29. The minimum Gasteiger partial charge on any atom is -0.325 e. The van der Waals surface area contributed by atoms with Gasteiger partial charge < -0.3 is 15.3 Å². The molecule has 0 aliphatic carbocycles. The molecule has 0 radical (unpaired) electrons. The zero-order chi connectivity index (χ0) is 13.3. The number of rotatable bonds is 3. The fourth-order valence-electron chi connectivity index (χ4n) is 1.57. The van der Waals surface area contributed by atoms with Gasteiger partial charge >= 0.3 is 5.69 Å². The van der Waals surface area contributed by atoms with Gasteiger partial charge in [0.15, 0.2) is 0 Å². The maximum atomic E-state index is 11.5. The number of fused-ring (bicyclic) bond motifs is 1. The highest BCUT2D eigenvalue weighted by atomic mass is 79.9. The van der Waals surface area contributed by atoms with Gasteiger partial charge in [-0.1, -0.05) is 0 Å². The summed E-state index contributed by atoms with van der Waals surface area (Å²) in [5.74, 6) is -0.597. The molecule has 0 aliphatic rings. The van der Waals surface area contributed by atoms with E-state index in [4.69, 9.17) is 0 Å². The van der Waals surface area contributed by atoms with E-state index in [1.165, 1.54) is 6.92 Å². The summed E-state index contributed by atoms with van der Waals surface area (Å²) < 4.78 is 0.627. The Morgan fingerprint density at radius 1 is 1.28 bits per heavy atom. The van der Waals surface area contributed by atoms with E-state index >= 15 is 0 Å². The van der Waals surface area contributed by atoms with Crippen LogP contribution in [0.15, 0.2) is 21.4 Å². The molecule has 2 aromatic rings. The van der Waals surface area contributed by atoms with Gasteiger partial charge in [0.25, 0.3) is 0 Å². The van der Waals surface area contributed by atoms with Crippen LogP contribution in [-0.4, -0.2) is 21.7 Å². The van der Waals surface area contributed by atoms with Crippen LogP contribution in [0.2, 0.25) is 0 Å². The third-order valence-electron chi connectivity index (χ3n) is 2.29. The third-order valence-corrected chi connectivity index (χ3v) is 2.94. The number of benzene rings is 1. The molecule has 1 heterocycles. The highest BCUT2D eigenvalue weighted by molar-refractivity contribution is 9.10. The van der Waals surface area contributed by atoms with Crippen LogP contribution in [0, 0.1) is 0 Å². The lowest BCUT2D eigenvalue weighted by Crippen LogP contribution is -2.15. The molecule has 1 aromatic carbocycles. The lowest BCUT2D eigenvalue weighted by atomic mass is 10.2. The van der Waals surface area contributed by atoms with E-state index in [1.54, 1.807) is 12.1 Å². The summed E-state index contributed by atoms with van der Waals surface area (Å²) in [6, 6.07) is 3.30. The summed E-state index contributed by atoms with van der Waals surface area (Å²) in [7, 11) is 0. The second-order valence-corrected chi connectivity index (χ2v) is 4.74. The second kappa shape index (κ2) is 4.77. The Hall–Kier alpha value is -1.89. The molecule has 0 unspecified atom stereocenters. The molecule has 1 aromatic heterocycles. The standard InChI is InChI=1S/C11H10BrN3O3/c1-5(16)2-10(17)13-7-4-9-8(3-6(7)12)14-11(18)15-9/h3-4H,2H2,1H3,(H,13,17)(H2,14,15,18). The van der Waals surface area contributed by atoms with Gasteiger partial charge in [0.1, 0.15) is 5.78 Å². The molecule has 2 rings (SSSR count).